The fraction of sp³-hybridized carbons (Fsp3) is 0.238. The van der Waals surface area contributed by atoms with Crippen LogP contribution in [0.3, 0.4) is 0 Å². The zero-order chi connectivity index (χ0) is 17.9. The Hall–Kier alpha value is -2.92. The molecule has 5 nitrogen and oxygen atoms in total. The van der Waals surface area contributed by atoms with E-state index in [4.69, 9.17) is 0 Å². The molecule has 132 valence electrons. The maximum atomic E-state index is 12.0. The highest BCUT2D eigenvalue weighted by Gasteiger charge is 2.29. The molecule has 26 heavy (non-hydrogen) atoms. The molecule has 2 heterocycles. The number of aromatic nitrogens is 2. The summed E-state index contributed by atoms with van der Waals surface area (Å²) in [6, 6.07) is 20.6. The third-order valence-electron chi connectivity index (χ3n) is 4.99. The van der Waals surface area contributed by atoms with Gasteiger partial charge in [0.1, 0.15) is 6.61 Å². The molecule has 0 saturated carbocycles. The molecule has 0 radical (unpaired) electrons. The predicted octanol–water partition coefficient (Wildman–Crippen LogP) is 2.47. The number of hydrogen-bond donors (Lipinski definition) is 2. The van der Waals surface area contributed by atoms with Gasteiger partial charge in [-0.15, -0.1) is 0 Å². The maximum Gasteiger partial charge on any atom is 0.248 e. The fourth-order valence-corrected chi connectivity index (χ4v) is 3.67. The summed E-state index contributed by atoms with van der Waals surface area (Å²) >= 11 is 0. The van der Waals surface area contributed by atoms with Gasteiger partial charge in [0.2, 0.25) is 5.91 Å². The van der Waals surface area contributed by atoms with Crippen LogP contribution in [0.1, 0.15) is 34.0 Å². The monoisotopic (exact) mass is 347 g/mol. The van der Waals surface area contributed by atoms with Crippen LogP contribution in [0.25, 0.3) is 0 Å². The summed E-state index contributed by atoms with van der Waals surface area (Å²) in [5.74, 6) is -0.236. The zero-order valence-electron chi connectivity index (χ0n) is 14.4. The highest BCUT2D eigenvalue weighted by Crippen LogP contribution is 2.35. The minimum absolute atomic E-state index is 0.00146. The number of rotatable bonds is 4. The first-order valence-electron chi connectivity index (χ1n) is 8.82. The molecule has 0 spiro atoms. The molecule has 5 heteroatoms. The second-order valence-corrected chi connectivity index (χ2v) is 6.54. The normalized spacial score (nSPS) is 13.7. The summed E-state index contributed by atoms with van der Waals surface area (Å²) in [7, 11) is 0. The van der Waals surface area contributed by atoms with Gasteiger partial charge in [0, 0.05) is 30.8 Å². The first-order valence-corrected chi connectivity index (χ1v) is 8.82. The van der Waals surface area contributed by atoms with Gasteiger partial charge in [-0.05, 0) is 11.1 Å². The summed E-state index contributed by atoms with van der Waals surface area (Å²) in [6.07, 6.45) is 0.727. The van der Waals surface area contributed by atoms with Crippen molar-refractivity contribution < 1.29 is 9.90 Å². The van der Waals surface area contributed by atoms with Crippen LogP contribution in [-0.2, 0) is 17.8 Å². The summed E-state index contributed by atoms with van der Waals surface area (Å²) in [6.45, 7) is 0.634. The molecule has 0 fully saturated rings. The number of fused-ring (bicyclic) bond motifs is 1. The van der Waals surface area contributed by atoms with E-state index in [0.29, 0.717) is 13.1 Å². The lowest BCUT2D eigenvalue weighted by atomic mass is 9.85. The Morgan fingerprint density at radius 1 is 1.08 bits per heavy atom. The Kier molecular flexibility index (Phi) is 4.54. The number of aliphatic hydroxyl groups excluding tert-OH is 1. The SMILES string of the molecule is O=C(CO)N1CCc2[nH]nc(C(c3ccccc3)c3ccccc3)c2C1. The molecular formula is C21H21N3O2. The van der Waals surface area contributed by atoms with Gasteiger partial charge in [0.05, 0.1) is 11.6 Å². The lowest BCUT2D eigenvalue weighted by Crippen LogP contribution is -2.37. The van der Waals surface area contributed by atoms with E-state index in [0.717, 1.165) is 23.4 Å². The van der Waals surface area contributed by atoms with Crippen LogP contribution in [0.4, 0.5) is 0 Å². The lowest BCUT2D eigenvalue weighted by molar-refractivity contribution is -0.135. The van der Waals surface area contributed by atoms with Gasteiger partial charge in [0.25, 0.3) is 0 Å². The first-order chi connectivity index (χ1) is 12.8. The van der Waals surface area contributed by atoms with Crippen molar-refractivity contribution in [3.8, 4) is 0 Å². The minimum Gasteiger partial charge on any atom is -0.387 e. The van der Waals surface area contributed by atoms with Gasteiger partial charge in [-0.2, -0.15) is 5.10 Å². The Morgan fingerprint density at radius 3 is 2.27 bits per heavy atom. The van der Waals surface area contributed by atoms with Crippen molar-refractivity contribution in [1.82, 2.24) is 15.1 Å². The molecule has 0 unspecified atom stereocenters. The van der Waals surface area contributed by atoms with Crippen molar-refractivity contribution in [1.29, 1.82) is 0 Å². The largest absolute Gasteiger partial charge is 0.387 e. The molecule has 3 aromatic rings. The van der Waals surface area contributed by atoms with Crippen LogP contribution in [0.5, 0.6) is 0 Å². The molecule has 1 aliphatic rings. The van der Waals surface area contributed by atoms with Gasteiger partial charge in [-0.1, -0.05) is 60.7 Å². The van der Waals surface area contributed by atoms with Crippen molar-refractivity contribution >= 4 is 5.91 Å². The average molecular weight is 347 g/mol. The molecule has 2 N–H and O–H groups in total. The van der Waals surface area contributed by atoms with Crippen LogP contribution >= 0.6 is 0 Å². The molecular weight excluding hydrogens is 326 g/mol. The van der Waals surface area contributed by atoms with E-state index in [9.17, 15) is 9.90 Å². The Bertz CT molecular complexity index is 851. The molecule has 4 rings (SSSR count). The minimum atomic E-state index is -0.455. The topological polar surface area (TPSA) is 69.2 Å². The second kappa shape index (κ2) is 7.14. The Morgan fingerprint density at radius 2 is 1.69 bits per heavy atom. The van der Waals surface area contributed by atoms with E-state index in [1.807, 2.05) is 36.4 Å². The molecule has 1 aromatic heterocycles. The lowest BCUT2D eigenvalue weighted by Gasteiger charge is -2.28. The van der Waals surface area contributed by atoms with Gasteiger partial charge in [-0.25, -0.2) is 0 Å². The highest BCUT2D eigenvalue weighted by atomic mass is 16.3. The number of H-pyrrole nitrogens is 1. The van der Waals surface area contributed by atoms with E-state index in [1.165, 1.54) is 11.1 Å². The summed E-state index contributed by atoms with van der Waals surface area (Å²) in [5, 5.41) is 17.0. The highest BCUT2D eigenvalue weighted by molar-refractivity contribution is 5.77. The van der Waals surface area contributed by atoms with Gasteiger partial charge < -0.3 is 10.0 Å². The summed E-state index contributed by atoms with van der Waals surface area (Å²) < 4.78 is 0. The number of aromatic amines is 1. The Balaban J connectivity index is 1.79. The van der Waals surface area contributed by atoms with Crippen molar-refractivity contribution in [2.24, 2.45) is 0 Å². The quantitative estimate of drug-likeness (QED) is 0.762. The van der Waals surface area contributed by atoms with Gasteiger partial charge in [-0.3, -0.25) is 9.89 Å². The first kappa shape index (κ1) is 16.5. The molecule has 1 aliphatic heterocycles. The van der Waals surface area contributed by atoms with E-state index in [-0.39, 0.29) is 11.8 Å². The number of carbonyl (C=O) groups is 1. The molecule has 0 aliphatic carbocycles. The standard InChI is InChI=1S/C21H21N3O2/c25-14-19(26)24-12-11-18-17(13-24)21(23-22-18)20(15-7-3-1-4-8-15)16-9-5-2-6-10-16/h1-10,20,25H,11-14H2,(H,22,23). The predicted molar refractivity (Wildman–Crippen MR) is 98.6 cm³/mol. The summed E-state index contributed by atoms with van der Waals surface area (Å²) in [5.41, 5.74) is 5.43. The average Bonchev–Trinajstić information content (AvgIpc) is 3.12. The summed E-state index contributed by atoms with van der Waals surface area (Å²) in [4.78, 5) is 13.7. The van der Waals surface area contributed by atoms with Crippen molar-refractivity contribution in [3.63, 3.8) is 0 Å². The van der Waals surface area contributed by atoms with Crippen LogP contribution in [0, 0.1) is 0 Å². The molecule has 0 bridgehead atoms. The second-order valence-electron chi connectivity index (χ2n) is 6.54. The molecule has 0 atom stereocenters. The number of hydrogen-bond acceptors (Lipinski definition) is 3. The number of benzene rings is 2. The maximum absolute atomic E-state index is 12.0. The van der Waals surface area contributed by atoms with Crippen LogP contribution in [-0.4, -0.2) is 39.3 Å². The number of nitrogens with zero attached hydrogens (tertiary/aromatic N) is 2. The Labute approximate surface area is 152 Å². The molecule has 1 amide bonds. The molecule has 0 saturated heterocycles. The third-order valence-corrected chi connectivity index (χ3v) is 4.99. The van der Waals surface area contributed by atoms with E-state index >= 15 is 0 Å². The van der Waals surface area contributed by atoms with E-state index in [2.05, 4.69) is 34.5 Å². The number of amides is 1. The van der Waals surface area contributed by atoms with Gasteiger partial charge >= 0.3 is 0 Å². The van der Waals surface area contributed by atoms with E-state index < -0.39 is 6.61 Å². The fourth-order valence-electron chi connectivity index (χ4n) is 3.67. The number of aliphatic hydroxyl groups is 1. The van der Waals surface area contributed by atoms with E-state index in [1.54, 1.807) is 4.90 Å². The smallest absolute Gasteiger partial charge is 0.248 e. The van der Waals surface area contributed by atoms with Crippen LogP contribution in [0.2, 0.25) is 0 Å². The van der Waals surface area contributed by atoms with Crippen molar-refractivity contribution in [3.05, 3.63) is 88.7 Å². The van der Waals surface area contributed by atoms with Crippen molar-refractivity contribution in [2.45, 2.75) is 18.9 Å². The molecule has 2 aromatic carbocycles. The van der Waals surface area contributed by atoms with Gasteiger partial charge in [0.15, 0.2) is 0 Å². The van der Waals surface area contributed by atoms with Crippen LogP contribution < -0.4 is 0 Å². The number of nitrogens with one attached hydrogen (secondary N) is 1. The van der Waals surface area contributed by atoms with Crippen molar-refractivity contribution in [2.75, 3.05) is 13.2 Å². The zero-order valence-corrected chi connectivity index (χ0v) is 14.4. The van der Waals surface area contributed by atoms with Crippen LogP contribution in [0.15, 0.2) is 60.7 Å². The third kappa shape index (κ3) is 3.02. The number of carbonyl (C=O) groups excluding carboxylic acids is 1.